The molecule has 1 heterocycles. The maximum absolute atomic E-state index is 12.2. The van der Waals surface area contributed by atoms with Crippen molar-refractivity contribution in [2.45, 2.75) is 44.9 Å². The summed E-state index contributed by atoms with van der Waals surface area (Å²) in [5.41, 5.74) is 3.06. The Morgan fingerprint density at radius 3 is 2.40 bits per heavy atom. The Morgan fingerprint density at radius 1 is 0.971 bits per heavy atom. The molecule has 2 unspecified atom stereocenters. The van der Waals surface area contributed by atoms with Crippen LogP contribution in [0.15, 0.2) is 72.8 Å². The molecular formula is C29H33NO5. The summed E-state index contributed by atoms with van der Waals surface area (Å²) in [4.78, 5) is 14.3. The number of methoxy groups -OCH3 is 1. The number of hydrogen-bond donors (Lipinski definition) is 1. The average molecular weight is 476 g/mol. The van der Waals surface area contributed by atoms with E-state index in [0.717, 1.165) is 35.3 Å². The SMILES string of the molecule is CCOc1cc(C(c2ccc(OC)cc2)N2CCCCC2C(=O)O)ccc1OCc1ccccc1. The molecule has 35 heavy (non-hydrogen) atoms. The predicted octanol–water partition coefficient (Wildman–Crippen LogP) is 5.70. The van der Waals surface area contributed by atoms with E-state index < -0.39 is 12.0 Å². The van der Waals surface area contributed by atoms with Crippen LogP contribution in [0.25, 0.3) is 0 Å². The standard InChI is InChI=1S/C29H33NO5/c1-3-34-27-19-23(14-17-26(27)35-20-21-9-5-4-6-10-21)28(22-12-15-24(33-2)16-13-22)30-18-8-7-11-25(30)29(31)32/h4-6,9-10,12-17,19,25,28H,3,7-8,11,18,20H2,1-2H3,(H,31,32). The lowest BCUT2D eigenvalue weighted by atomic mass is 9.91. The van der Waals surface area contributed by atoms with Crippen molar-refractivity contribution in [1.29, 1.82) is 0 Å². The first-order chi connectivity index (χ1) is 17.1. The third-order valence-electron chi connectivity index (χ3n) is 6.41. The van der Waals surface area contributed by atoms with Crippen LogP contribution in [0, 0.1) is 0 Å². The third-order valence-corrected chi connectivity index (χ3v) is 6.41. The Kier molecular flexibility index (Phi) is 8.27. The Labute approximate surface area is 207 Å². The summed E-state index contributed by atoms with van der Waals surface area (Å²) >= 11 is 0. The monoisotopic (exact) mass is 475 g/mol. The molecule has 0 bridgehead atoms. The zero-order chi connectivity index (χ0) is 24.6. The van der Waals surface area contributed by atoms with Gasteiger partial charge in [-0.15, -0.1) is 0 Å². The fraction of sp³-hybridized carbons (Fsp3) is 0.345. The van der Waals surface area contributed by atoms with Crippen molar-refractivity contribution < 1.29 is 24.1 Å². The Bertz CT molecular complexity index is 1100. The molecule has 4 rings (SSSR count). The fourth-order valence-corrected chi connectivity index (χ4v) is 4.71. The molecule has 0 amide bonds. The normalized spacial score (nSPS) is 16.9. The molecule has 3 aromatic rings. The molecule has 184 valence electrons. The molecule has 0 aliphatic carbocycles. The van der Waals surface area contributed by atoms with Gasteiger partial charge in [0.1, 0.15) is 18.4 Å². The van der Waals surface area contributed by atoms with Crippen LogP contribution in [0.2, 0.25) is 0 Å². The van der Waals surface area contributed by atoms with Crippen LogP contribution in [-0.2, 0) is 11.4 Å². The highest BCUT2D eigenvalue weighted by Crippen LogP contribution is 2.39. The van der Waals surface area contributed by atoms with Crippen molar-refractivity contribution in [3.63, 3.8) is 0 Å². The van der Waals surface area contributed by atoms with E-state index in [1.807, 2.05) is 79.7 Å². The van der Waals surface area contributed by atoms with E-state index in [2.05, 4.69) is 4.90 Å². The molecular weight excluding hydrogens is 442 g/mol. The van der Waals surface area contributed by atoms with Gasteiger partial charge in [-0.2, -0.15) is 0 Å². The van der Waals surface area contributed by atoms with Crippen molar-refractivity contribution in [1.82, 2.24) is 4.90 Å². The molecule has 1 aliphatic heterocycles. The van der Waals surface area contributed by atoms with Gasteiger partial charge in [-0.1, -0.05) is 55.0 Å². The summed E-state index contributed by atoms with van der Waals surface area (Å²) in [6, 6.07) is 23.0. The molecule has 6 heteroatoms. The van der Waals surface area contributed by atoms with Crippen LogP contribution < -0.4 is 14.2 Å². The van der Waals surface area contributed by atoms with E-state index in [0.29, 0.717) is 37.7 Å². The number of benzene rings is 3. The Hall–Kier alpha value is -3.51. The molecule has 0 saturated carbocycles. The number of rotatable bonds is 10. The van der Waals surface area contributed by atoms with Gasteiger partial charge in [-0.3, -0.25) is 9.69 Å². The first-order valence-electron chi connectivity index (χ1n) is 12.2. The lowest BCUT2D eigenvalue weighted by molar-refractivity contribution is -0.145. The second kappa shape index (κ2) is 11.8. The number of carbonyl (C=O) groups is 1. The number of hydrogen-bond acceptors (Lipinski definition) is 5. The number of likely N-dealkylation sites (tertiary alicyclic amines) is 1. The maximum Gasteiger partial charge on any atom is 0.320 e. The van der Waals surface area contributed by atoms with Crippen molar-refractivity contribution in [3.05, 3.63) is 89.5 Å². The van der Waals surface area contributed by atoms with Crippen LogP contribution >= 0.6 is 0 Å². The van der Waals surface area contributed by atoms with Crippen molar-refractivity contribution >= 4 is 5.97 Å². The summed E-state index contributed by atoms with van der Waals surface area (Å²) < 4.78 is 17.4. The Balaban J connectivity index is 1.71. The van der Waals surface area contributed by atoms with Gasteiger partial charge in [0.2, 0.25) is 0 Å². The topological polar surface area (TPSA) is 68.2 Å². The first kappa shape index (κ1) is 24.6. The molecule has 6 nitrogen and oxygen atoms in total. The number of piperidine rings is 1. The van der Waals surface area contributed by atoms with Crippen LogP contribution in [-0.4, -0.2) is 42.3 Å². The maximum atomic E-state index is 12.2. The zero-order valence-corrected chi connectivity index (χ0v) is 20.4. The quantitative estimate of drug-likeness (QED) is 0.406. The highest BCUT2D eigenvalue weighted by molar-refractivity contribution is 5.73. The lowest BCUT2D eigenvalue weighted by Gasteiger charge is -2.39. The van der Waals surface area contributed by atoms with Gasteiger partial charge in [0, 0.05) is 0 Å². The Morgan fingerprint density at radius 2 is 1.71 bits per heavy atom. The van der Waals surface area contributed by atoms with Crippen LogP contribution in [0.1, 0.15) is 48.9 Å². The van der Waals surface area contributed by atoms with Gasteiger partial charge in [-0.25, -0.2) is 0 Å². The van der Waals surface area contributed by atoms with Gasteiger partial charge in [0.25, 0.3) is 0 Å². The number of nitrogens with zero attached hydrogens (tertiary/aromatic N) is 1. The molecule has 0 spiro atoms. The van der Waals surface area contributed by atoms with E-state index in [1.165, 1.54) is 0 Å². The van der Waals surface area contributed by atoms with E-state index in [9.17, 15) is 9.90 Å². The smallest absolute Gasteiger partial charge is 0.320 e. The van der Waals surface area contributed by atoms with Crippen LogP contribution in [0.3, 0.4) is 0 Å². The molecule has 3 aromatic carbocycles. The summed E-state index contributed by atoms with van der Waals surface area (Å²) in [6.07, 6.45) is 2.52. The van der Waals surface area contributed by atoms with E-state index >= 15 is 0 Å². The minimum Gasteiger partial charge on any atom is -0.497 e. The van der Waals surface area contributed by atoms with Gasteiger partial charge >= 0.3 is 5.97 Å². The van der Waals surface area contributed by atoms with Crippen molar-refractivity contribution in [2.75, 3.05) is 20.3 Å². The summed E-state index contributed by atoms with van der Waals surface area (Å²) in [7, 11) is 1.64. The molecule has 0 radical (unpaired) electrons. The molecule has 1 aliphatic rings. The fourth-order valence-electron chi connectivity index (χ4n) is 4.71. The molecule has 1 fully saturated rings. The number of ether oxygens (including phenoxy) is 3. The highest BCUT2D eigenvalue weighted by atomic mass is 16.5. The van der Waals surface area contributed by atoms with Gasteiger partial charge < -0.3 is 19.3 Å². The minimum absolute atomic E-state index is 0.232. The lowest BCUT2D eigenvalue weighted by Crippen LogP contribution is -2.46. The first-order valence-corrected chi connectivity index (χ1v) is 12.2. The van der Waals surface area contributed by atoms with E-state index in [1.54, 1.807) is 7.11 Å². The predicted molar refractivity (Wildman–Crippen MR) is 135 cm³/mol. The minimum atomic E-state index is -0.781. The third kappa shape index (κ3) is 5.95. The highest BCUT2D eigenvalue weighted by Gasteiger charge is 2.35. The largest absolute Gasteiger partial charge is 0.497 e. The van der Waals surface area contributed by atoms with Crippen LogP contribution in [0.4, 0.5) is 0 Å². The van der Waals surface area contributed by atoms with Gasteiger partial charge in [0.15, 0.2) is 11.5 Å². The second-order valence-electron chi connectivity index (χ2n) is 8.68. The van der Waals surface area contributed by atoms with Crippen molar-refractivity contribution in [3.8, 4) is 17.2 Å². The van der Waals surface area contributed by atoms with Crippen molar-refractivity contribution in [2.24, 2.45) is 0 Å². The van der Waals surface area contributed by atoms with E-state index in [4.69, 9.17) is 14.2 Å². The summed E-state index contributed by atoms with van der Waals surface area (Å²) in [6.45, 7) is 3.60. The molecule has 2 atom stereocenters. The zero-order valence-electron chi connectivity index (χ0n) is 20.4. The van der Waals surface area contributed by atoms with Gasteiger partial charge in [0.05, 0.1) is 19.8 Å². The average Bonchev–Trinajstić information content (AvgIpc) is 2.90. The second-order valence-corrected chi connectivity index (χ2v) is 8.68. The summed E-state index contributed by atoms with van der Waals surface area (Å²) in [5.74, 6) is 1.31. The van der Waals surface area contributed by atoms with Crippen LogP contribution in [0.5, 0.6) is 17.2 Å². The van der Waals surface area contributed by atoms with E-state index in [-0.39, 0.29) is 6.04 Å². The number of aliphatic carboxylic acids is 1. The number of carboxylic acid groups (broad SMARTS) is 1. The summed E-state index contributed by atoms with van der Waals surface area (Å²) in [5, 5.41) is 9.99. The molecule has 0 aromatic heterocycles. The van der Waals surface area contributed by atoms with Gasteiger partial charge in [-0.05, 0) is 67.3 Å². The molecule has 1 saturated heterocycles. The molecule has 1 N–H and O–H groups in total. The number of carboxylic acids is 1.